The van der Waals surface area contributed by atoms with Gasteiger partial charge in [-0.25, -0.2) is 4.98 Å². The number of benzene rings is 3. The van der Waals surface area contributed by atoms with Gasteiger partial charge in [0, 0.05) is 49.4 Å². The zero-order valence-electron chi connectivity index (χ0n) is 24.7. The third-order valence-corrected chi connectivity index (χ3v) is 8.25. The number of carbonyl (C=O) groups excluding carboxylic acids is 2. The van der Waals surface area contributed by atoms with E-state index in [1.807, 2.05) is 88.2 Å². The molecule has 220 valence electrons. The van der Waals surface area contributed by atoms with Gasteiger partial charge in [-0.2, -0.15) is 5.10 Å². The fourth-order valence-electron chi connectivity index (χ4n) is 5.84. The Morgan fingerprint density at radius 3 is 2.51 bits per heavy atom. The molecule has 2 amide bonds. The average molecular weight is 575 g/mol. The van der Waals surface area contributed by atoms with E-state index in [2.05, 4.69) is 28.6 Å². The normalized spacial score (nSPS) is 13.4. The van der Waals surface area contributed by atoms with Crippen LogP contribution in [0, 0.1) is 0 Å². The van der Waals surface area contributed by atoms with Crippen LogP contribution in [0.4, 0.5) is 5.95 Å². The Hall–Kier alpha value is -4.72. The summed E-state index contributed by atoms with van der Waals surface area (Å²) in [6.45, 7) is 1.82. The number of nitrogens with one attached hydrogen (secondary N) is 1. The van der Waals surface area contributed by atoms with Crippen LogP contribution >= 0.6 is 0 Å². The first-order valence-electron chi connectivity index (χ1n) is 15.3. The molecule has 8 nitrogen and oxygen atoms in total. The summed E-state index contributed by atoms with van der Waals surface area (Å²) in [6, 6.07) is 23.8. The van der Waals surface area contributed by atoms with Gasteiger partial charge in [0.25, 0.3) is 5.91 Å². The molecule has 6 rings (SSSR count). The van der Waals surface area contributed by atoms with Crippen LogP contribution in [-0.2, 0) is 18.3 Å². The molecule has 0 spiro atoms. The van der Waals surface area contributed by atoms with Crippen LogP contribution in [0.1, 0.15) is 61.0 Å². The summed E-state index contributed by atoms with van der Waals surface area (Å²) in [4.78, 5) is 32.8. The van der Waals surface area contributed by atoms with Crippen LogP contribution in [0.25, 0.3) is 27.7 Å². The summed E-state index contributed by atoms with van der Waals surface area (Å²) < 4.78 is 3.79. The van der Waals surface area contributed by atoms with Crippen molar-refractivity contribution in [3.05, 3.63) is 96.4 Å². The second kappa shape index (κ2) is 13.1. The van der Waals surface area contributed by atoms with Gasteiger partial charge < -0.3 is 4.90 Å². The summed E-state index contributed by atoms with van der Waals surface area (Å²) in [7, 11) is 1.93. The second-order valence-electron chi connectivity index (χ2n) is 11.3. The summed E-state index contributed by atoms with van der Waals surface area (Å²) in [5, 5.41) is 8.45. The Labute approximate surface area is 252 Å². The molecular weight excluding hydrogens is 536 g/mol. The SMILES string of the molecule is Cn1ncc2cc(-c3cccc(C(=O)Nc4nc(CCCCCC(=O)N5CCCCC5)cn4-c4ccccc4)c3)ccc21. The van der Waals surface area contributed by atoms with Crippen LogP contribution in [0.15, 0.2) is 85.2 Å². The molecule has 1 N–H and O–H groups in total. The average Bonchev–Trinajstić information content (AvgIpc) is 3.64. The number of para-hydroxylation sites is 1. The van der Waals surface area contributed by atoms with Crippen molar-refractivity contribution in [3.63, 3.8) is 0 Å². The molecule has 5 aromatic rings. The number of anilines is 1. The van der Waals surface area contributed by atoms with Gasteiger partial charge in [0.2, 0.25) is 11.9 Å². The molecule has 0 bridgehead atoms. The molecule has 0 atom stereocenters. The van der Waals surface area contributed by atoms with Crippen LogP contribution < -0.4 is 5.32 Å². The third kappa shape index (κ3) is 6.69. The number of piperidine rings is 1. The van der Waals surface area contributed by atoms with Gasteiger partial charge in [-0.05, 0) is 86.1 Å². The molecule has 1 fully saturated rings. The maximum absolute atomic E-state index is 13.5. The molecular formula is C35H38N6O2. The quantitative estimate of drug-likeness (QED) is 0.186. The Balaban J connectivity index is 1.13. The zero-order chi connectivity index (χ0) is 29.6. The molecule has 8 heteroatoms. The number of imidazole rings is 1. The summed E-state index contributed by atoms with van der Waals surface area (Å²) in [5.41, 5.74) is 5.46. The first-order chi connectivity index (χ1) is 21.0. The monoisotopic (exact) mass is 574 g/mol. The highest BCUT2D eigenvalue weighted by Gasteiger charge is 2.17. The predicted molar refractivity (Wildman–Crippen MR) is 170 cm³/mol. The molecule has 43 heavy (non-hydrogen) atoms. The fraction of sp³-hybridized carbons (Fsp3) is 0.314. The molecule has 0 unspecified atom stereocenters. The van der Waals surface area contributed by atoms with Gasteiger partial charge in [-0.1, -0.05) is 42.8 Å². The Bertz CT molecular complexity index is 1720. The molecule has 1 aliphatic rings. The standard InChI is InChI=1S/C35H38N6O2/c1-39-32-19-18-27(23-29(32)24-36-39)26-12-11-13-28(22-26)34(43)38-35-37-30(25-41(35)31-15-6-3-7-16-31)14-5-2-8-17-33(42)40-20-9-4-10-21-40/h3,6-7,11-13,15-16,18-19,22-25H,2,4-5,8-10,14,17,20-21H2,1H3,(H,37,38,43). The Kier molecular flexibility index (Phi) is 8.63. The number of rotatable bonds is 10. The topological polar surface area (TPSA) is 85.0 Å². The van der Waals surface area contributed by atoms with E-state index in [1.165, 1.54) is 6.42 Å². The van der Waals surface area contributed by atoms with Crippen molar-refractivity contribution >= 4 is 28.7 Å². The first-order valence-corrected chi connectivity index (χ1v) is 15.3. The highest BCUT2D eigenvalue weighted by Crippen LogP contribution is 2.26. The summed E-state index contributed by atoms with van der Waals surface area (Å²) >= 11 is 0. The van der Waals surface area contributed by atoms with Gasteiger partial charge in [-0.3, -0.25) is 24.2 Å². The molecule has 3 heterocycles. The van der Waals surface area contributed by atoms with Gasteiger partial charge in [0.15, 0.2) is 0 Å². The molecule has 1 aliphatic heterocycles. The van der Waals surface area contributed by atoms with Crippen molar-refractivity contribution in [1.82, 2.24) is 24.2 Å². The number of likely N-dealkylation sites (tertiary alicyclic amines) is 1. The van der Waals surface area contributed by atoms with Crippen molar-refractivity contribution in [2.75, 3.05) is 18.4 Å². The van der Waals surface area contributed by atoms with E-state index in [0.717, 1.165) is 85.0 Å². The lowest BCUT2D eigenvalue weighted by Crippen LogP contribution is -2.35. The van der Waals surface area contributed by atoms with E-state index in [4.69, 9.17) is 4.98 Å². The van der Waals surface area contributed by atoms with E-state index in [-0.39, 0.29) is 5.91 Å². The number of aryl methyl sites for hydroxylation is 2. The van der Waals surface area contributed by atoms with Gasteiger partial charge >= 0.3 is 0 Å². The lowest BCUT2D eigenvalue weighted by atomic mass is 10.0. The second-order valence-corrected chi connectivity index (χ2v) is 11.3. The van der Waals surface area contributed by atoms with E-state index < -0.39 is 0 Å². The minimum atomic E-state index is -0.213. The lowest BCUT2D eigenvalue weighted by molar-refractivity contribution is -0.132. The molecule has 2 aromatic heterocycles. The minimum Gasteiger partial charge on any atom is -0.343 e. The minimum absolute atomic E-state index is 0.213. The van der Waals surface area contributed by atoms with Crippen LogP contribution in [0.3, 0.4) is 0 Å². The summed E-state index contributed by atoms with van der Waals surface area (Å²) in [6.07, 6.45) is 11.6. The molecule has 0 aliphatic carbocycles. The number of aromatic nitrogens is 4. The third-order valence-electron chi connectivity index (χ3n) is 8.25. The number of amides is 2. The van der Waals surface area contributed by atoms with Crippen molar-refractivity contribution in [1.29, 1.82) is 0 Å². The van der Waals surface area contributed by atoms with Crippen molar-refractivity contribution in [2.24, 2.45) is 7.05 Å². The van der Waals surface area contributed by atoms with E-state index >= 15 is 0 Å². The van der Waals surface area contributed by atoms with Gasteiger partial charge in [0.05, 0.1) is 17.4 Å². The summed E-state index contributed by atoms with van der Waals surface area (Å²) in [5.74, 6) is 0.572. The van der Waals surface area contributed by atoms with Crippen molar-refractivity contribution in [2.45, 2.75) is 51.4 Å². The maximum Gasteiger partial charge on any atom is 0.258 e. The Morgan fingerprint density at radius 2 is 1.67 bits per heavy atom. The fourth-order valence-corrected chi connectivity index (χ4v) is 5.84. The first kappa shape index (κ1) is 28.4. The van der Waals surface area contributed by atoms with Crippen LogP contribution in [0.2, 0.25) is 0 Å². The number of carbonyl (C=O) groups is 2. The highest BCUT2D eigenvalue weighted by molar-refractivity contribution is 6.04. The van der Waals surface area contributed by atoms with Gasteiger partial charge in [-0.15, -0.1) is 0 Å². The Morgan fingerprint density at radius 1 is 0.860 bits per heavy atom. The zero-order valence-corrected chi connectivity index (χ0v) is 24.7. The number of fused-ring (bicyclic) bond motifs is 1. The highest BCUT2D eigenvalue weighted by atomic mass is 16.2. The van der Waals surface area contributed by atoms with Gasteiger partial charge in [0.1, 0.15) is 0 Å². The number of hydrogen-bond acceptors (Lipinski definition) is 4. The smallest absolute Gasteiger partial charge is 0.258 e. The molecule has 0 radical (unpaired) electrons. The number of nitrogens with zero attached hydrogens (tertiary/aromatic N) is 5. The van der Waals surface area contributed by atoms with Crippen LogP contribution in [-0.4, -0.2) is 49.1 Å². The molecule has 3 aromatic carbocycles. The lowest BCUT2D eigenvalue weighted by Gasteiger charge is -2.26. The van der Waals surface area contributed by atoms with E-state index in [1.54, 1.807) is 0 Å². The maximum atomic E-state index is 13.5. The largest absolute Gasteiger partial charge is 0.343 e. The van der Waals surface area contributed by atoms with E-state index in [9.17, 15) is 9.59 Å². The molecule has 0 saturated carbocycles. The molecule has 1 saturated heterocycles. The predicted octanol–water partition coefficient (Wildman–Crippen LogP) is 6.79. The van der Waals surface area contributed by atoms with E-state index in [0.29, 0.717) is 23.8 Å². The van der Waals surface area contributed by atoms with Crippen molar-refractivity contribution in [3.8, 4) is 16.8 Å². The number of hydrogen-bond donors (Lipinski definition) is 1. The number of unbranched alkanes of at least 4 members (excludes halogenated alkanes) is 2. The van der Waals surface area contributed by atoms with Crippen molar-refractivity contribution < 1.29 is 9.59 Å². The van der Waals surface area contributed by atoms with Crippen LogP contribution in [0.5, 0.6) is 0 Å².